The van der Waals surface area contributed by atoms with Gasteiger partial charge in [-0.2, -0.15) is 0 Å². The van der Waals surface area contributed by atoms with Gasteiger partial charge in [0.2, 0.25) is 11.4 Å². The molecular formula is C105H102F2Ir2N8O2Si2-4. The summed E-state index contributed by atoms with van der Waals surface area (Å²) in [6.07, 6.45) is 5.45. The van der Waals surface area contributed by atoms with Gasteiger partial charge in [0.15, 0.2) is 0 Å². The Balaban J connectivity index is 0.000000149. The molecule has 0 unspecified atom stereocenters. The van der Waals surface area contributed by atoms with Crippen molar-refractivity contribution < 1.29 is 66.1 Å². The Labute approximate surface area is 747 Å². The van der Waals surface area contributed by atoms with Crippen LogP contribution in [0.5, 0.6) is 0 Å². The van der Waals surface area contributed by atoms with Crippen LogP contribution in [0.2, 0.25) is 39.3 Å². The summed E-state index contributed by atoms with van der Waals surface area (Å²) in [6, 6.07) is 81.2. The predicted octanol–water partition coefficient (Wildman–Crippen LogP) is 27.7. The summed E-state index contributed by atoms with van der Waals surface area (Å²) < 4.78 is 91.3. The second-order valence-electron chi connectivity index (χ2n) is 33.9. The van der Waals surface area contributed by atoms with Gasteiger partial charge in [-0.15, -0.1) is 101 Å². The van der Waals surface area contributed by atoms with Crippen molar-refractivity contribution >= 4 is 103 Å². The zero-order chi connectivity index (χ0) is 89.0. The van der Waals surface area contributed by atoms with Gasteiger partial charge in [-0.1, -0.05) is 231 Å². The summed E-state index contributed by atoms with van der Waals surface area (Å²) in [5.41, 5.74) is 23.8. The number of furan rings is 2. The van der Waals surface area contributed by atoms with E-state index in [1.165, 1.54) is 68.2 Å². The summed E-state index contributed by atoms with van der Waals surface area (Å²) in [5.74, 6) is 2.43. The molecule has 0 aliphatic heterocycles. The van der Waals surface area contributed by atoms with Gasteiger partial charge in [0.05, 0.1) is 61.0 Å². The second-order valence-corrected chi connectivity index (χ2v) is 44.0. The molecule has 0 saturated heterocycles. The molecule has 121 heavy (non-hydrogen) atoms. The van der Waals surface area contributed by atoms with E-state index in [0.29, 0.717) is 74.3 Å². The summed E-state index contributed by atoms with van der Waals surface area (Å²) in [7, 11) is -3.69. The van der Waals surface area contributed by atoms with Crippen LogP contribution in [0.1, 0.15) is 150 Å². The molecule has 16 heteroatoms. The molecule has 2 radical (unpaired) electrons. The fourth-order valence-electron chi connectivity index (χ4n) is 16.2. The summed E-state index contributed by atoms with van der Waals surface area (Å²) in [4.78, 5) is 28.8. The molecule has 0 aliphatic carbocycles. The topological polar surface area (TPSA) is 113 Å². The maximum Gasteiger partial charge on any atom is 0.216 e. The number of imidazole rings is 2. The van der Waals surface area contributed by atoms with Crippen LogP contribution in [-0.2, 0) is 40.2 Å². The van der Waals surface area contributed by atoms with Gasteiger partial charge in [-0.25, -0.2) is 9.97 Å². The number of benzene rings is 10. The van der Waals surface area contributed by atoms with E-state index in [9.17, 15) is 8.78 Å². The minimum Gasteiger partial charge on any atom is -0.486 e. The standard InChI is InChI=1S/C39H38N3O.C30H26N3O.C21H21FNSi.C15H17FNSi.2Ir/c1-7-25(8-2)32-19-18-29-31-22-27(17-20-35(31)43-39(29)41-32)38-40-33-15-11-12-16-34(33)42(38)37-30(23(3)4)21-26-13-9-10-14-28(26)36(37)24(5)6;1-17(2)24-12-11-22-23-16-21(10-13-27(23)34-30(22)32-24)29-31-25-8-6-7-9-26(25)33(29)28-19(4)14-18(3)15-20(28)5;1-15-12-20(23-14-21(15)24(2,3)4)17-10-11-19(22)18(13-17)16-8-6-5-7-9-16;1-11-9-14(12-5-7-13(16)8-6-12)17-10-15(11)18(2,3)4;;/h9-16,18-25H,7-8H2,1-6H3;6-9,11-17H,1-5H3;5-9,11-14H,1-4H3;5,7-10H,1-4H3;;/q4*-1;;/i;;2*1D3;;. The van der Waals surface area contributed by atoms with Gasteiger partial charge in [0.25, 0.3) is 0 Å². The maximum absolute atomic E-state index is 14.3. The first-order valence-corrected chi connectivity index (χ1v) is 48.0. The molecule has 18 rings (SSSR count). The first kappa shape index (κ1) is 79.9. The third-order valence-electron chi connectivity index (χ3n) is 22.3. The number of para-hydroxylation sites is 4. The van der Waals surface area contributed by atoms with E-state index in [1.54, 1.807) is 36.7 Å². The Morgan fingerprint density at radius 1 is 0.446 bits per heavy atom. The number of halogens is 2. The largest absolute Gasteiger partial charge is 0.486 e. The third kappa shape index (κ3) is 18.1. The van der Waals surface area contributed by atoms with Gasteiger partial charge in [-0.3, -0.25) is 18.7 Å². The summed E-state index contributed by atoms with van der Waals surface area (Å²) in [6.45, 7) is 32.5. The van der Waals surface area contributed by atoms with Gasteiger partial charge in [0.1, 0.15) is 0 Å². The van der Waals surface area contributed by atoms with Crippen molar-refractivity contribution in [1.29, 1.82) is 0 Å². The molecule has 0 bridgehead atoms. The molecule has 0 spiro atoms. The van der Waals surface area contributed by atoms with Crippen LogP contribution in [0.15, 0.2) is 234 Å². The van der Waals surface area contributed by atoms with Crippen LogP contribution in [0.3, 0.4) is 0 Å². The van der Waals surface area contributed by atoms with Crippen molar-refractivity contribution in [2.75, 3.05) is 0 Å². The van der Waals surface area contributed by atoms with Gasteiger partial charge < -0.3 is 27.9 Å². The van der Waals surface area contributed by atoms with E-state index < -0.39 is 29.9 Å². The number of aromatic nitrogens is 8. The Hall–Kier alpha value is -10.8. The number of nitrogens with zero attached hydrogens (tertiary/aromatic N) is 8. The van der Waals surface area contributed by atoms with E-state index in [2.05, 4.69) is 280 Å². The zero-order valence-corrected chi connectivity index (χ0v) is 78.2. The van der Waals surface area contributed by atoms with E-state index in [4.69, 9.17) is 37.0 Å². The number of fused-ring (bicyclic) bond motifs is 9. The van der Waals surface area contributed by atoms with Gasteiger partial charge >= 0.3 is 0 Å². The number of hydrogen-bond acceptors (Lipinski definition) is 8. The minimum absolute atomic E-state index is 0. The molecule has 0 atom stereocenters. The minimum atomic E-state index is -2.23. The quantitative estimate of drug-likeness (QED) is 0.0737. The maximum atomic E-state index is 14.3. The Kier molecular flexibility index (Phi) is 24.1. The van der Waals surface area contributed by atoms with E-state index in [-0.39, 0.29) is 51.8 Å². The van der Waals surface area contributed by atoms with Crippen LogP contribution in [0.4, 0.5) is 8.78 Å². The smallest absolute Gasteiger partial charge is 0.216 e. The van der Waals surface area contributed by atoms with Crippen LogP contribution in [0, 0.1) is 70.4 Å². The second kappa shape index (κ2) is 36.5. The molecule has 10 nitrogen and oxygen atoms in total. The number of rotatable bonds is 15. The molecular weight excluding hydrogens is 1880 g/mol. The molecule has 0 fully saturated rings. The first-order chi connectivity index (χ1) is 59.4. The van der Waals surface area contributed by atoms with Crippen molar-refractivity contribution in [2.45, 2.75) is 166 Å². The monoisotopic (exact) mass is 1990 g/mol. The molecule has 8 heterocycles. The van der Waals surface area contributed by atoms with Gasteiger partial charge in [0, 0.05) is 112 Å². The zero-order valence-electron chi connectivity index (χ0n) is 77.4. The molecule has 10 aromatic carbocycles. The average molecular weight is 1990 g/mol. The fraction of sp³-hybridized carbons (Fsp3) is 0.238. The molecule has 618 valence electrons. The van der Waals surface area contributed by atoms with Crippen LogP contribution in [0.25, 0.3) is 145 Å². The number of pyridine rings is 4. The molecule has 0 saturated carbocycles. The summed E-state index contributed by atoms with van der Waals surface area (Å²) >= 11 is 0. The Morgan fingerprint density at radius 2 is 0.942 bits per heavy atom. The normalized spacial score (nSPS) is 12.7. The molecule has 0 aliphatic rings. The van der Waals surface area contributed by atoms with Crippen molar-refractivity contribution in [3.8, 4) is 67.8 Å². The van der Waals surface area contributed by atoms with Gasteiger partial charge in [-0.05, 0) is 180 Å². The number of aryl methyl sites for hydroxylation is 5. The molecule has 0 amide bonds. The predicted molar refractivity (Wildman–Crippen MR) is 496 cm³/mol. The Morgan fingerprint density at radius 3 is 1.45 bits per heavy atom. The van der Waals surface area contributed by atoms with Crippen molar-refractivity contribution in [1.82, 2.24) is 39.0 Å². The Bertz CT molecular complexity index is 7060. The SMILES string of the molecule is CCC(CC)c1ccc2c(n1)oc1c[c-]c(-c3nc4ccccc4n3-c3c(C(C)C)cc4ccccc4c3C(C)C)cc12.Cc1cc(C)c(-n2c(-c3[c-]cc4oc5nc(C(C)C)ccc5c4c3)nc3ccccc32)c(C)c1.[2H]C([2H])([2H])c1cc(-c2[c-]cc(F)c(-c3ccccc3)c2)ncc1[Si](C)(C)C.[2H]C([2H])([2H])c1cc(-c2[c-]cc(F)cc2)ncc1[Si](C)(C)C.[Ir].[Ir]. The van der Waals surface area contributed by atoms with Crippen molar-refractivity contribution in [3.63, 3.8) is 0 Å². The summed E-state index contributed by atoms with van der Waals surface area (Å²) in [5, 5.41) is 8.33. The molecule has 18 aromatic rings. The van der Waals surface area contributed by atoms with Crippen molar-refractivity contribution in [3.05, 3.63) is 311 Å². The van der Waals surface area contributed by atoms with E-state index in [1.807, 2.05) is 48.5 Å². The average Bonchev–Trinajstić information content (AvgIpc) is 1.61. The first-order valence-electron chi connectivity index (χ1n) is 44.0. The van der Waals surface area contributed by atoms with E-state index >= 15 is 0 Å². The van der Waals surface area contributed by atoms with E-state index in [0.717, 1.165) is 118 Å². The van der Waals surface area contributed by atoms with Crippen LogP contribution < -0.4 is 10.4 Å². The third-order valence-corrected chi connectivity index (χ3v) is 26.3. The van der Waals surface area contributed by atoms with Crippen LogP contribution >= 0.6 is 0 Å². The number of hydrogen-bond donors (Lipinski definition) is 0. The van der Waals surface area contributed by atoms with Crippen molar-refractivity contribution in [2.24, 2.45) is 0 Å². The fourth-order valence-corrected chi connectivity index (χ4v) is 18.9. The molecule has 0 N–H and O–H groups in total. The van der Waals surface area contributed by atoms with Crippen LogP contribution in [-0.4, -0.2) is 55.2 Å². The molecule has 8 aromatic heterocycles.